The lowest BCUT2D eigenvalue weighted by molar-refractivity contribution is 0.221. The average Bonchev–Trinajstić information content (AvgIpc) is 3.52. The molecule has 5 aromatic rings. The molecule has 0 bridgehead atoms. The minimum absolute atomic E-state index is 0.522. The van der Waals surface area contributed by atoms with Gasteiger partial charge in [-0.2, -0.15) is 0 Å². The van der Waals surface area contributed by atoms with Crippen molar-refractivity contribution < 1.29 is 4.39 Å². The van der Waals surface area contributed by atoms with E-state index in [4.69, 9.17) is 11.6 Å². The average molecular weight is 781 g/mol. The maximum Gasteiger partial charge on any atom is 0.127 e. The Morgan fingerprint density at radius 2 is 0.964 bits per heavy atom. The summed E-state index contributed by atoms with van der Waals surface area (Å²) in [5.74, 6) is 2.97. The highest BCUT2D eigenvalue weighted by Crippen LogP contribution is 2.30. The zero-order chi connectivity index (χ0) is 42.0. The zero-order valence-electron chi connectivity index (χ0n) is 37.0. The van der Waals surface area contributed by atoms with E-state index in [2.05, 4.69) is 170 Å². The highest BCUT2D eigenvalue weighted by molar-refractivity contribution is 6.30. The molecule has 2 aromatic heterocycles. The van der Waals surface area contributed by atoms with Crippen molar-refractivity contribution >= 4 is 17.3 Å². The van der Waals surface area contributed by atoms with Crippen LogP contribution in [-0.4, -0.2) is 28.7 Å². The summed E-state index contributed by atoms with van der Waals surface area (Å²) in [7, 11) is 0. The number of benzene rings is 3. The van der Waals surface area contributed by atoms with Crippen LogP contribution in [-0.2, 0) is 0 Å². The first kappa shape index (κ1) is 48.1. The lowest BCUT2D eigenvalue weighted by Crippen LogP contribution is -2.25. The molecule has 1 aliphatic heterocycles. The fourth-order valence-corrected chi connectivity index (χ4v) is 6.17. The molecule has 1 saturated heterocycles. The molecule has 6 rings (SSSR count). The van der Waals surface area contributed by atoms with Gasteiger partial charge in [-0.3, -0.25) is 9.97 Å². The summed E-state index contributed by atoms with van der Waals surface area (Å²) in [6.07, 6.45) is 4.37. The van der Waals surface area contributed by atoms with Gasteiger partial charge in [0.25, 0.3) is 0 Å². The molecule has 1 atom stereocenters. The molecule has 3 aromatic carbocycles. The minimum atomic E-state index is -1.02. The van der Waals surface area contributed by atoms with Gasteiger partial charge in [-0.1, -0.05) is 135 Å². The number of hydrogen-bond acceptors (Lipinski definition) is 3. The van der Waals surface area contributed by atoms with Crippen LogP contribution in [0.15, 0.2) is 109 Å². The number of rotatable bonds is 6. The van der Waals surface area contributed by atoms with E-state index in [9.17, 15) is 4.39 Å². The van der Waals surface area contributed by atoms with Crippen LogP contribution in [0.5, 0.6) is 0 Å². The molecule has 0 N–H and O–H groups in total. The van der Waals surface area contributed by atoms with Gasteiger partial charge in [-0.05, 0) is 134 Å². The predicted octanol–water partition coefficient (Wildman–Crippen LogP) is 15.4. The Balaban J connectivity index is 0.000000246. The molecule has 0 saturated carbocycles. The number of alkyl halides is 1. The van der Waals surface area contributed by atoms with Crippen LogP contribution in [0.3, 0.4) is 0 Å². The van der Waals surface area contributed by atoms with Crippen LogP contribution >= 0.6 is 11.6 Å². The SMILES string of the molecule is CC(C)c1cccc(Cl)c1.CC(C)c1cccc(N2CCC(C)(F)C2)c1.Cc1cc(C(C)C)ccn1.Cc1cc(C(C)C)ccn1.Cc1cccc(C(C)C)c1. The molecular formula is C51H71ClFN3. The number of anilines is 1. The zero-order valence-corrected chi connectivity index (χ0v) is 37.8. The number of pyridine rings is 2. The summed E-state index contributed by atoms with van der Waals surface area (Å²) < 4.78 is 13.8. The summed E-state index contributed by atoms with van der Waals surface area (Å²) in [5.41, 5.74) is 10.5. The van der Waals surface area contributed by atoms with Crippen molar-refractivity contribution in [3.63, 3.8) is 0 Å². The minimum Gasteiger partial charge on any atom is -0.368 e. The summed E-state index contributed by atoms with van der Waals surface area (Å²) in [6.45, 7) is 31.1. The van der Waals surface area contributed by atoms with Crippen molar-refractivity contribution in [3.05, 3.63) is 159 Å². The first-order chi connectivity index (χ1) is 26.3. The number of aryl methyl sites for hydroxylation is 3. The molecule has 1 aliphatic rings. The summed E-state index contributed by atoms with van der Waals surface area (Å²) in [6, 6.07) is 33.5. The number of halogens is 2. The Morgan fingerprint density at radius 3 is 1.30 bits per heavy atom. The second-order valence-electron chi connectivity index (χ2n) is 16.9. The molecule has 3 nitrogen and oxygen atoms in total. The van der Waals surface area contributed by atoms with Crippen LogP contribution in [0.1, 0.15) is 157 Å². The van der Waals surface area contributed by atoms with Gasteiger partial charge in [-0.25, -0.2) is 4.39 Å². The molecule has 0 radical (unpaired) electrons. The molecule has 1 unspecified atom stereocenters. The van der Waals surface area contributed by atoms with Crippen molar-refractivity contribution in [1.29, 1.82) is 0 Å². The topological polar surface area (TPSA) is 29.0 Å². The first-order valence-electron chi connectivity index (χ1n) is 20.5. The Morgan fingerprint density at radius 1 is 0.554 bits per heavy atom. The van der Waals surface area contributed by atoms with Gasteiger partial charge in [-0.15, -0.1) is 0 Å². The fourth-order valence-electron chi connectivity index (χ4n) is 5.97. The molecule has 56 heavy (non-hydrogen) atoms. The van der Waals surface area contributed by atoms with Gasteiger partial charge >= 0.3 is 0 Å². The second kappa shape index (κ2) is 23.9. The van der Waals surface area contributed by atoms with Gasteiger partial charge < -0.3 is 4.90 Å². The van der Waals surface area contributed by atoms with Gasteiger partial charge in [0, 0.05) is 47.5 Å². The van der Waals surface area contributed by atoms with Crippen molar-refractivity contribution in [3.8, 4) is 0 Å². The lowest BCUT2D eigenvalue weighted by atomic mass is 10.0. The monoisotopic (exact) mass is 780 g/mol. The van der Waals surface area contributed by atoms with Crippen molar-refractivity contribution in [1.82, 2.24) is 9.97 Å². The van der Waals surface area contributed by atoms with Crippen LogP contribution in [0, 0.1) is 20.8 Å². The summed E-state index contributed by atoms with van der Waals surface area (Å²) in [4.78, 5) is 10.4. The van der Waals surface area contributed by atoms with E-state index in [-0.39, 0.29) is 0 Å². The standard InChI is InChI=1S/C14H20FN.C10H14.C9H11Cl.2C9H13N/c1-11(2)12-5-4-6-13(9-12)16-8-7-14(3,15)10-16;1-8(2)10-6-4-5-9(3)7-10;1-7(2)8-4-3-5-9(10)6-8;2*1-7(2)9-4-5-10-8(3)6-9/h4-6,9,11H,7-8,10H2,1-3H3;4-8H,1-3H3;3-7H,1-2H3;2*4-7H,1-3H3. The van der Waals surface area contributed by atoms with Crippen LogP contribution in [0.25, 0.3) is 0 Å². The molecule has 0 amide bonds. The Bertz CT molecular complexity index is 1660. The third-order valence-corrected chi connectivity index (χ3v) is 9.96. The predicted molar refractivity (Wildman–Crippen MR) is 244 cm³/mol. The fraction of sp³-hybridized carbons (Fsp3) is 0.451. The van der Waals surface area contributed by atoms with Gasteiger partial charge in [0.2, 0.25) is 0 Å². The van der Waals surface area contributed by atoms with E-state index in [0.717, 1.165) is 28.6 Å². The highest BCUT2D eigenvalue weighted by atomic mass is 35.5. The van der Waals surface area contributed by atoms with Crippen LogP contribution in [0.4, 0.5) is 10.1 Å². The molecule has 0 spiro atoms. The first-order valence-corrected chi connectivity index (χ1v) is 20.9. The van der Waals surface area contributed by atoms with E-state index in [1.165, 1.54) is 33.4 Å². The third kappa shape index (κ3) is 18.3. The quantitative estimate of drug-likeness (QED) is 0.172. The molecule has 0 aliphatic carbocycles. The normalized spacial score (nSPS) is 14.7. The molecular weight excluding hydrogens is 709 g/mol. The maximum absolute atomic E-state index is 13.8. The smallest absolute Gasteiger partial charge is 0.127 e. The second-order valence-corrected chi connectivity index (χ2v) is 17.3. The Labute approximate surface area is 346 Å². The van der Waals surface area contributed by atoms with E-state index < -0.39 is 5.67 Å². The highest BCUT2D eigenvalue weighted by Gasteiger charge is 2.33. The van der Waals surface area contributed by atoms with Gasteiger partial charge in [0.1, 0.15) is 5.67 Å². The number of hydrogen-bond donors (Lipinski definition) is 0. The number of nitrogens with zero attached hydrogens (tertiary/aromatic N) is 3. The number of aromatic nitrogens is 2. The lowest BCUT2D eigenvalue weighted by Gasteiger charge is -2.20. The van der Waals surface area contributed by atoms with E-state index >= 15 is 0 Å². The van der Waals surface area contributed by atoms with E-state index in [1.54, 1.807) is 6.92 Å². The van der Waals surface area contributed by atoms with Crippen molar-refractivity contribution in [2.45, 2.75) is 139 Å². The van der Waals surface area contributed by atoms with Crippen LogP contribution < -0.4 is 4.90 Å². The van der Waals surface area contributed by atoms with E-state index in [0.29, 0.717) is 42.6 Å². The summed E-state index contributed by atoms with van der Waals surface area (Å²) in [5, 5.41) is 0.825. The molecule has 3 heterocycles. The largest absolute Gasteiger partial charge is 0.368 e. The maximum atomic E-state index is 13.8. The van der Waals surface area contributed by atoms with Gasteiger partial charge in [0.15, 0.2) is 0 Å². The van der Waals surface area contributed by atoms with Crippen molar-refractivity contribution in [2.24, 2.45) is 0 Å². The Hall–Kier alpha value is -4.02. The van der Waals surface area contributed by atoms with Gasteiger partial charge in [0.05, 0.1) is 6.54 Å². The Kier molecular flexibility index (Phi) is 20.5. The van der Waals surface area contributed by atoms with Crippen molar-refractivity contribution in [2.75, 3.05) is 18.0 Å². The molecule has 1 fully saturated rings. The van der Waals surface area contributed by atoms with E-state index in [1.807, 2.05) is 44.4 Å². The molecule has 304 valence electrons. The third-order valence-electron chi connectivity index (χ3n) is 9.72. The van der Waals surface area contributed by atoms with Crippen LogP contribution in [0.2, 0.25) is 5.02 Å². The summed E-state index contributed by atoms with van der Waals surface area (Å²) >= 11 is 5.79. The molecule has 5 heteroatoms.